The van der Waals surface area contributed by atoms with Gasteiger partial charge in [0.1, 0.15) is 5.54 Å². The van der Waals surface area contributed by atoms with E-state index in [9.17, 15) is 0 Å². The van der Waals surface area contributed by atoms with Crippen LogP contribution in [-0.2, 0) is 12.1 Å². The van der Waals surface area contributed by atoms with Crippen LogP contribution in [-0.4, -0.2) is 27.5 Å². The first-order valence-electron chi connectivity index (χ1n) is 13.0. The third-order valence-electron chi connectivity index (χ3n) is 7.34. The van der Waals surface area contributed by atoms with Crippen LogP contribution >= 0.6 is 0 Å². The van der Waals surface area contributed by atoms with Gasteiger partial charge in [0, 0.05) is 25.8 Å². The number of hydrogen-bond donors (Lipinski definition) is 0. The largest absolute Gasteiger partial charge is 0.318 e. The lowest BCUT2D eigenvalue weighted by molar-refractivity contribution is 0.337. The minimum atomic E-state index is -0.525. The SMILES string of the molecule is C(=C1\CCN(Cc2ccccc2)C1)/c1cn(C(c2ccccc2)(c2ccccc2)c2ccccc2)cn1. The Bertz CT molecular complexity index is 1360. The van der Waals surface area contributed by atoms with Crippen LogP contribution < -0.4 is 0 Å². The predicted molar refractivity (Wildman–Crippen MR) is 151 cm³/mol. The molecule has 5 aromatic rings. The fraction of sp³-hybridized carbons (Fsp3) is 0.147. The van der Waals surface area contributed by atoms with Crippen molar-refractivity contribution < 1.29 is 0 Å². The van der Waals surface area contributed by atoms with Crippen molar-refractivity contribution in [2.75, 3.05) is 13.1 Å². The lowest BCUT2D eigenvalue weighted by atomic mass is 9.77. The summed E-state index contributed by atoms with van der Waals surface area (Å²) in [7, 11) is 0. The molecule has 3 heteroatoms. The Morgan fingerprint density at radius 2 is 1.19 bits per heavy atom. The molecule has 6 rings (SSSR count). The van der Waals surface area contributed by atoms with Crippen molar-refractivity contribution in [2.45, 2.75) is 18.5 Å². The minimum Gasteiger partial charge on any atom is -0.318 e. The van der Waals surface area contributed by atoms with Gasteiger partial charge in [0.2, 0.25) is 0 Å². The van der Waals surface area contributed by atoms with Crippen molar-refractivity contribution in [1.29, 1.82) is 0 Å². The Kier molecular flexibility index (Phi) is 6.53. The summed E-state index contributed by atoms with van der Waals surface area (Å²) in [5, 5.41) is 0. The monoisotopic (exact) mass is 481 g/mol. The highest BCUT2D eigenvalue weighted by Crippen LogP contribution is 2.40. The quantitative estimate of drug-likeness (QED) is 0.233. The molecular weight excluding hydrogens is 450 g/mol. The van der Waals surface area contributed by atoms with Gasteiger partial charge in [-0.3, -0.25) is 4.90 Å². The maximum Gasteiger partial charge on any atom is 0.121 e. The molecule has 0 amide bonds. The summed E-state index contributed by atoms with van der Waals surface area (Å²) in [6, 6.07) is 43.0. The topological polar surface area (TPSA) is 21.1 Å². The second-order valence-corrected chi connectivity index (χ2v) is 9.76. The minimum absolute atomic E-state index is 0.525. The van der Waals surface area contributed by atoms with E-state index in [0.717, 1.165) is 31.7 Å². The smallest absolute Gasteiger partial charge is 0.121 e. The number of nitrogens with zero attached hydrogens (tertiary/aromatic N) is 3. The second-order valence-electron chi connectivity index (χ2n) is 9.76. The maximum atomic E-state index is 4.90. The van der Waals surface area contributed by atoms with Gasteiger partial charge in [-0.15, -0.1) is 0 Å². The Hall–Kier alpha value is -4.21. The molecule has 0 bridgehead atoms. The molecular formula is C34H31N3. The van der Waals surface area contributed by atoms with E-state index in [4.69, 9.17) is 4.98 Å². The molecule has 37 heavy (non-hydrogen) atoms. The molecule has 4 aromatic carbocycles. The molecule has 0 N–H and O–H groups in total. The zero-order valence-corrected chi connectivity index (χ0v) is 20.9. The summed E-state index contributed by atoms with van der Waals surface area (Å²) in [6.45, 7) is 3.07. The van der Waals surface area contributed by atoms with Crippen molar-refractivity contribution in [2.24, 2.45) is 0 Å². The second kappa shape index (κ2) is 10.4. The van der Waals surface area contributed by atoms with Crippen LogP contribution in [0.25, 0.3) is 6.08 Å². The molecule has 0 spiro atoms. The Morgan fingerprint density at radius 1 is 0.676 bits per heavy atom. The molecule has 2 heterocycles. The molecule has 1 saturated heterocycles. The number of benzene rings is 4. The zero-order chi connectivity index (χ0) is 24.9. The third kappa shape index (κ3) is 4.66. The van der Waals surface area contributed by atoms with E-state index < -0.39 is 5.54 Å². The lowest BCUT2D eigenvalue weighted by Gasteiger charge is -2.37. The molecule has 182 valence electrons. The summed E-state index contributed by atoms with van der Waals surface area (Å²) in [5.74, 6) is 0. The maximum absolute atomic E-state index is 4.90. The summed E-state index contributed by atoms with van der Waals surface area (Å²) in [5.41, 5.74) is 6.90. The fourth-order valence-electron chi connectivity index (χ4n) is 5.63. The van der Waals surface area contributed by atoms with Crippen molar-refractivity contribution in [1.82, 2.24) is 14.5 Å². The normalized spacial score (nSPS) is 15.3. The summed E-state index contributed by atoms with van der Waals surface area (Å²) in [6.07, 6.45) is 7.57. The van der Waals surface area contributed by atoms with Gasteiger partial charge < -0.3 is 4.57 Å². The molecule has 0 aliphatic carbocycles. The standard InChI is InChI=1S/C34H31N3/c1-5-13-28(14-6-1)24-36-22-21-29(25-36)23-33-26-37(27-35-33)34(30-15-7-2-8-16-30,31-17-9-3-10-18-31)32-19-11-4-12-20-32/h1-20,23,26-27H,21-22,24-25H2/b29-23-. The molecule has 0 unspecified atom stereocenters. The van der Waals surface area contributed by atoms with E-state index in [1.165, 1.54) is 27.8 Å². The van der Waals surface area contributed by atoms with Gasteiger partial charge in [-0.1, -0.05) is 127 Å². The third-order valence-corrected chi connectivity index (χ3v) is 7.34. The van der Waals surface area contributed by atoms with Gasteiger partial charge in [0.25, 0.3) is 0 Å². The lowest BCUT2D eigenvalue weighted by Crippen LogP contribution is -2.36. The molecule has 1 aliphatic rings. The van der Waals surface area contributed by atoms with Gasteiger partial charge in [0.15, 0.2) is 0 Å². The predicted octanol–water partition coefficient (Wildman–Crippen LogP) is 7.01. The van der Waals surface area contributed by atoms with E-state index >= 15 is 0 Å². The number of rotatable bonds is 7. The van der Waals surface area contributed by atoms with Crippen LogP contribution in [0.15, 0.2) is 139 Å². The van der Waals surface area contributed by atoms with Crippen LogP contribution in [0.1, 0.15) is 34.4 Å². The van der Waals surface area contributed by atoms with E-state index in [1.54, 1.807) is 0 Å². The van der Waals surface area contributed by atoms with E-state index in [2.05, 4.69) is 143 Å². The van der Waals surface area contributed by atoms with Crippen LogP contribution in [0, 0.1) is 0 Å². The molecule has 3 nitrogen and oxygen atoms in total. The highest BCUT2D eigenvalue weighted by Gasteiger charge is 2.38. The number of hydrogen-bond acceptors (Lipinski definition) is 2. The van der Waals surface area contributed by atoms with Gasteiger partial charge in [0.05, 0.1) is 12.0 Å². The Morgan fingerprint density at radius 3 is 1.73 bits per heavy atom. The fourth-order valence-corrected chi connectivity index (χ4v) is 5.63. The van der Waals surface area contributed by atoms with Crippen LogP contribution in [0.5, 0.6) is 0 Å². The van der Waals surface area contributed by atoms with E-state index in [0.29, 0.717) is 0 Å². The first-order chi connectivity index (χ1) is 18.3. The van der Waals surface area contributed by atoms with Crippen molar-refractivity contribution in [3.05, 3.63) is 167 Å². The van der Waals surface area contributed by atoms with Crippen LogP contribution in [0.3, 0.4) is 0 Å². The van der Waals surface area contributed by atoms with E-state index in [1.807, 2.05) is 6.33 Å². The summed E-state index contributed by atoms with van der Waals surface area (Å²) >= 11 is 0. The van der Waals surface area contributed by atoms with Gasteiger partial charge >= 0.3 is 0 Å². The Balaban J connectivity index is 1.38. The first-order valence-corrected chi connectivity index (χ1v) is 13.0. The Labute approximate surface area is 219 Å². The van der Waals surface area contributed by atoms with Crippen LogP contribution in [0.4, 0.5) is 0 Å². The summed E-state index contributed by atoms with van der Waals surface area (Å²) < 4.78 is 2.29. The zero-order valence-electron chi connectivity index (χ0n) is 20.9. The molecule has 0 radical (unpaired) electrons. The molecule has 0 atom stereocenters. The average Bonchev–Trinajstić information content (AvgIpc) is 3.61. The first kappa shape index (κ1) is 23.2. The van der Waals surface area contributed by atoms with Gasteiger partial charge in [-0.25, -0.2) is 4.98 Å². The molecule has 0 saturated carbocycles. The molecule has 1 aromatic heterocycles. The average molecular weight is 482 g/mol. The van der Waals surface area contributed by atoms with Crippen molar-refractivity contribution in [3.63, 3.8) is 0 Å². The number of likely N-dealkylation sites (tertiary alicyclic amines) is 1. The van der Waals surface area contributed by atoms with E-state index in [-0.39, 0.29) is 0 Å². The molecule has 1 aliphatic heterocycles. The van der Waals surface area contributed by atoms with Gasteiger partial charge in [-0.05, 0) is 34.8 Å². The number of imidazole rings is 1. The highest BCUT2D eigenvalue weighted by molar-refractivity contribution is 5.54. The number of aromatic nitrogens is 2. The van der Waals surface area contributed by atoms with Crippen molar-refractivity contribution in [3.8, 4) is 0 Å². The van der Waals surface area contributed by atoms with Crippen LogP contribution in [0.2, 0.25) is 0 Å². The van der Waals surface area contributed by atoms with Crippen molar-refractivity contribution >= 4 is 6.08 Å². The van der Waals surface area contributed by atoms with Gasteiger partial charge in [-0.2, -0.15) is 0 Å². The molecule has 1 fully saturated rings. The highest BCUT2D eigenvalue weighted by atomic mass is 15.1. The summed E-state index contributed by atoms with van der Waals surface area (Å²) in [4.78, 5) is 7.41.